The molecule has 20 valence electrons. The van der Waals surface area contributed by atoms with Crippen LogP contribution in [-0.4, -0.2) is 16.4 Å². The van der Waals surface area contributed by atoms with Crippen molar-refractivity contribution in [2.75, 3.05) is 0 Å². The first kappa shape index (κ1) is 41.8. The number of rotatable bonds is 0. The number of hydrogen-bond acceptors (Lipinski definition) is 0. The van der Waals surface area contributed by atoms with E-state index < -0.39 is 0 Å². The summed E-state index contributed by atoms with van der Waals surface area (Å²) in [6.45, 7) is 0. The van der Waals surface area contributed by atoms with E-state index >= 15 is 0 Å². The molecule has 2 N–H and O–H groups in total. The molecule has 0 spiro atoms. The van der Waals surface area contributed by atoms with Gasteiger partial charge in [0.2, 0.25) is 0 Å². The third kappa shape index (κ3) is 9.23. The molecule has 0 atom stereocenters. The Morgan fingerprint density at radius 1 is 1.00 bits per heavy atom. The van der Waals surface area contributed by atoms with Crippen LogP contribution >= 0.6 is 0 Å². The van der Waals surface area contributed by atoms with E-state index in [1.54, 1.807) is 0 Å². The van der Waals surface area contributed by atoms with Crippen molar-refractivity contribution in [2.45, 2.75) is 0 Å². The maximum absolute atomic E-state index is 0. The van der Waals surface area contributed by atoms with E-state index in [2.05, 4.69) is 0 Å². The van der Waals surface area contributed by atoms with E-state index in [1.807, 2.05) is 0 Å². The Labute approximate surface area is 63.9 Å². The van der Waals surface area contributed by atoms with E-state index in [0.717, 1.165) is 0 Å². The molecule has 0 saturated carbocycles. The van der Waals surface area contributed by atoms with Crippen LogP contribution in [0, 0.1) is 0 Å². The van der Waals surface area contributed by atoms with Crippen molar-refractivity contribution in [1.82, 2.24) is 0 Å². The van der Waals surface area contributed by atoms with Crippen LogP contribution in [0.4, 0.5) is 0 Å². The molecule has 0 aliphatic heterocycles. The summed E-state index contributed by atoms with van der Waals surface area (Å²) in [5.74, 6) is 0. The van der Waals surface area contributed by atoms with Gasteiger partial charge in [0.25, 0.3) is 0 Å². The Morgan fingerprint density at radius 2 is 1.00 bits per heavy atom. The van der Waals surface area contributed by atoms with Gasteiger partial charge in [-0.05, 0) is 0 Å². The monoisotopic (exact) mass is 184 g/mol. The Hall–Kier alpha value is 1.77. The summed E-state index contributed by atoms with van der Waals surface area (Å²) in [5, 5.41) is 0. The van der Waals surface area contributed by atoms with Crippen molar-refractivity contribution in [3.63, 3.8) is 0 Å². The van der Waals surface area contributed by atoms with Gasteiger partial charge in [-0.15, -0.1) is 0 Å². The summed E-state index contributed by atoms with van der Waals surface area (Å²) in [5.41, 5.74) is 0. The molecule has 0 aromatic rings. The van der Waals surface area contributed by atoms with Crippen molar-refractivity contribution < 1.29 is 53.4 Å². The molecule has 0 heterocycles. The van der Waals surface area contributed by atoms with Crippen molar-refractivity contribution in [2.24, 2.45) is 0 Å². The van der Waals surface area contributed by atoms with Gasteiger partial charge in [0.15, 0.2) is 0 Å². The first-order valence-electron chi connectivity index (χ1n) is 0. The van der Waals surface area contributed by atoms with Gasteiger partial charge in [-0.2, -0.15) is 0 Å². The number of hydrogen-bond donors (Lipinski definition) is 0. The summed E-state index contributed by atoms with van der Waals surface area (Å²) in [4.78, 5) is 0. The van der Waals surface area contributed by atoms with Gasteiger partial charge in [-0.1, -0.05) is 0 Å². The van der Waals surface area contributed by atoms with E-state index in [9.17, 15) is 0 Å². The molecule has 0 bridgehead atoms. The van der Waals surface area contributed by atoms with Crippen LogP contribution in [-0.2, 0) is 47.9 Å². The van der Waals surface area contributed by atoms with Crippen LogP contribution in [0.2, 0.25) is 0 Å². The van der Waals surface area contributed by atoms with Crippen LogP contribution in [0.3, 0.4) is 0 Å². The maximum Gasteiger partial charge on any atom is 0 e. The molecule has 0 amide bonds. The molecule has 1 nitrogen and oxygen atoms in total. The van der Waals surface area contributed by atoms with Crippen LogP contribution in [0.1, 0.15) is 0 Å². The predicted octanol–water partition coefficient (Wildman–Crippen LogP) is -1.21. The van der Waals surface area contributed by atoms with Crippen molar-refractivity contribution in [1.29, 1.82) is 0 Å². The van der Waals surface area contributed by atoms with Crippen molar-refractivity contribution >= 4 is 11.0 Å². The normalized spacial score (nSPS) is 0. The SMILES string of the molecule is O.[Si].[Ti].[Zr]. The zero-order chi connectivity index (χ0) is 0. The predicted molar refractivity (Wildman–Crippen MR) is 9.37 cm³/mol. The molecule has 0 aliphatic carbocycles. The van der Waals surface area contributed by atoms with Crippen LogP contribution in [0.25, 0.3) is 0 Å². The average molecular weight is 185 g/mol. The Balaban J connectivity index is 0. The minimum absolute atomic E-state index is 0. The largest absolute Gasteiger partial charge is 0.412 e. The van der Waals surface area contributed by atoms with E-state index in [1.165, 1.54) is 0 Å². The van der Waals surface area contributed by atoms with E-state index in [-0.39, 0.29) is 64.4 Å². The van der Waals surface area contributed by atoms with Gasteiger partial charge in [-0.25, -0.2) is 0 Å². The fourth-order valence-corrected chi connectivity index (χ4v) is 0. The molecular formula is H2OSiTiZr. The molecule has 4 radical (unpaired) electrons. The summed E-state index contributed by atoms with van der Waals surface area (Å²) in [7, 11) is 0. The average Bonchev–Trinajstić information content (AvgIpc) is 0. The molecule has 0 saturated heterocycles. The van der Waals surface area contributed by atoms with Gasteiger partial charge >= 0.3 is 0 Å². The summed E-state index contributed by atoms with van der Waals surface area (Å²) < 4.78 is 0. The van der Waals surface area contributed by atoms with Gasteiger partial charge in [0.05, 0.1) is 0 Å². The zero-order valence-corrected chi connectivity index (χ0v) is 7.02. The fraction of sp³-hybridized carbons (Fsp3) is 0. The summed E-state index contributed by atoms with van der Waals surface area (Å²) in [6, 6.07) is 0. The van der Waals surface area contributed by atoms with Gasteiger partial charge in [0.1, 0.15) is 0 Å². The Kier molecular flexibility index (Phi) is 226. The van der Waals surface area contributed by atoms with Gasteiger partial charge in [0, 0.05) is 58.9 Å². The van der Waals surface area contributed by atoms with E-state index in [0.29, 0.717) is 0 Å². The van der Waals surface area contributed by atoms with Crippen molar-refractivity contribution in [3.8, 4) is 0 Å². The molecule has 4 heteroatoms. The minimum Gasteiger partial charge on any atom is -0.412 e. The van der Waals surface area contributed by atoms with Crippen LogP contribution in [0.5, 0.6) is 0 Å². The molecule has 0 rings (SSSR count). The van der Waals surface area contributed by atoms with E-state index in [4.69, 9.17) is 0 Å². The second-order valence-corrected chi connectivity index (χ2v) is 0. The maximum atomic E-state index is 0. The summed E-state index contributed by atoms with van der Waals surface area (Å²) in [6.07, 6.45) is 0. The molecule has 0 aromatic heterocycles. The standard InChI is InChI=1S/H2O.Si.Ti.Zr/h1H2;;;. The second-order valence-electron chi connectivity index (χ2n) is 0. The Morgan fingerprint density at radius 3 is 1.00 bits per heavy atom. The topological polar surface area (TPSA) is 31.5 Å². The smallest absolute Gasteiger partial charge is 0 e. The van der Waals surface area contributed by atoms with Crippen LogP contribution in [0.15, 0.2) is 0 Å². The molecule has 0 aromatic carbocycles. The third-order valence-corrected chi connectivity index (χ3v) is 0. The second kappa shape index (κ2) is 21.6. The fourth-order valence-electron chi connectivity index (χ4n) is 0. The molecule has 0 fully saturated rings. The molecular weight excluding hydrogens is 183 g/mol. The Bertz CT molecular complexity index is 8.00. The molecule has 0 aliphatic rings. The molecule has 0 unspecified atom stereocenters. The van der Waals surface area contributed by atoms with Crippen molar-refractivity contribution in [3.05, 3.63) is 0 Å². The van der Waals surface area contributed by atoms with Gasteiger partial charge < -0.3 is 5.48 Å². The minimum atomic E-state index is 0. The quantitative estimate of drug-likeness (QED) is 0.424. The first-order valence-corrected chi connectivity index (χ1v) is 0. The third-order valence-electron chi connectivity index (χ3n) is 0. The van der Waals surface area contributed by atoms with Crippen LogP contribution < -0.4 is 0 Å². The molecule has 4 heavy (non-hydrogen) atoms. The summed E-state index contributed by atoms with van der Waals surface area (Å²) >= 11 is 0. The van der Waals surface area contributed by atoms with Gasteiger partial charge in [-0.3, -0.25) is 0 Å². The first-order chi connectivity index (χ1) is 0. The zero-order valence-electron chi connectivity index (χ0n) is 2.00.